The average molecular weight is 350 g/mol. The van der Waals surface area contributed by atoms with E-state index in [0.29, 0.717) is 35.5 Å². The lowest BCUT2D eigenvalue weighted by atomic mass is 10.1. The average Bonchev–Trinajstić information content (AvgIpc) is 2.91. The van der Waals surface area contributed by atoms with E-state index in [0.717, 1.165) is 11.4 Å². The van der Waals surface area contributed by atoms with Crippen molar-refractivity contribution in [2.24, 2.45) is 11.8 Å². The largest absolute Gasteiger partial charge is 0.448 e. The van der Waals surface area contributed by atoms with Gasteiger partial charge >= 0.3 is 6.09 Å². The van der Waals surface area contributed by atoms with Gasteiger partial charge in [-0.3, -0.25) is 10.2 Å². The molecule has 2 unspecified atom stereocenters. The number of aromatic nitrogens is 2. The molecule has 1 aliphatic carbocycles. The zero-order chi connectivity index (χ0) is 17.3. The second-order valence-corrected chi connectivity index (χ2v) is 6.93. The van der Waals surface area contributed by atoms with Crippen molar-refractivity contribution in [1.29, 1.82) is 0 Å². The Kier molecular flexibility index (Phi) is 4.52. The van der Waals surface area contributed by atoms with Gasteiger partial charge in [0.15, 0.2) is 5.69 Å². The van der Waals surface area contributed by atoms with Crippen LogP contribution in [0.5, 0.6) is 0 Å². The van der Waals surface area contributed by atoms with Gasteiger partial charge in [0.25, 0.3) is 5.91 Å². The Balaban J connectivity index is 1.60. The van der Waals surface area contributed by atoms with Crippen molar-refractivity contribution in [3.05, 3.63) is 21.8 Å². The minimum atomic E-state index is -0.700. The first-order valence-electron chi connectivity index (χ1n) is 7.57. The fourth-order valence-corrected chi connectivity index (χ4v) is 2.93. The van der Waals surface area contributed by atoms with Crippen LogP contribution in [-0.2, 0) is 4.74 Å². The van der Waals surface area contributed by atoms with Crippen LogP contribution < -0.4 is 10.9 Å². The van der Waals surface area contributed by atoms with Gasteiger partial charge in [0.2, 0.25) is 0 Å². The van der Waals surface area contributed by atoms with Gasteiger partial charge in [0, 0.05) is 5.38 Å². The van der Waals surface area contributed by atoms with Gasteiger partial charge in [-0.05, 0) is 32.1 Å². The van der Waals surface area contributed by atoms with Crippen LogP contribution in [0.3, 0.4) is 0 Å². The summed E-state index contributed by atoms with van der Waals surface area (Å²) in [7, 11) is 0. The lowest BCUT2D eigenvalue weighted by Gasteiger charge is -2.07. The van der Waals surface area contributed by atoms with E-state index in [2.05, 4.69) is 27.9 Å². The van der Waals surface area contributed by atoms with Crippen molar-refractivity contribution < 1.29 is 18.8 Å². The predicted octanol–water partition coefficient (Wildman–Crippen LogP) is 2.44. The number of nitrogens with one attached hydrogen (secondary N) is 2. The third-order valence-electron chi connectivity index (χ3n) is 3.94. The molecule has 2 heterocycles. The van der Waals surface area contributed by atoms with Gasteiger partial charge in [0.05, 0.1) is 22.9 Å². The fraction of sp³-hybridized carbons (Fsp3) is 0.467. The zero-order valence-corrected chi connectivity index (χ0v) is 14.4. The van der Waals surface area contributed by atoms with Crippen molar-refractivity contribution in [2.75, 3.05) is 6.61 Å². The molecule has 128 valence electrons. The summed E-state index contributed by atoms with van der Waals surface area (Å²) < 4.78 is 10.1. The van der Waals surface area contributed by atoms with Crippen LogP contribution in [0.1, 0.15) is 34.6 Å². The van der Waals surface area contributed by atoms with E-state index in [4.69, 9.17) is 9.26 Å². The topological polar surface area (TPSA) is 106 Å². The Bertz CT molecular complexity index is 769. The molecule has 1 fully saturated rings. The van der Waals surface area contributed by atoms with E-state index in [-0.39, 0.29) is 5.69 Å². The molecule has 2 aromatic rings. The number of hydrogen-bond donors (Lipinski definition) is 2. The SMILES string of the molecule is Cc1nc(-c2c(C(=O)NNC(=O)OCC3CC3C)noc2C)cs1. The van der Waals surface area contributed by atoms with Gasteiger partial charge in [-0.2, -0.15) is 0 Å². The van der Waals surface area contributed by atoms with Gasteiger partial charge in [-0.1, -0.05) is 12.1 Å². The maximum Gasteiger partial charge on any atom is 0.426 e. The van der Waals surface area contributed by atoms with Crippen LogP contribution in [0.25, 0.3) is 11.3 Å². The molecule has 0 bridgehead atoms. The standard InChI is InChI=1S/C15H18N4O4S/c1-7-4-10(7)5-22-15(21)18-17-14(20)13-12(8(2)23-19-13)11-6-24-9(3)16-11/h6-7,10H,4-5H2,1-3H3,(H,17,20)(H,18,21). The van der Waals surface area contributed by atoms with E-state index in [1.54, 1.807) is 6.92 Å². The lowest BCUT2D eigenvalue weighted by Crippen LogP contribution is -2.42. The van der Waals surface area contributed by atoms with E-state index in [1.165, 1.54) is 11.3 Å². The summed E-state index contributed by atoms with van der Waals surface area (Å²) >= 11 is 1.46. The highest BCUT2D eigenvalue weighted by Crippen LogP contribution is 2.37. The monoisotopic (exact) mass is 350 g/mol. The summed E-state index contributed by atoms with van der Waals surface area (Å²) in [5.41, 5.74) is 5.68. The third kappa shape index (κ3) is 3.56. The van der Waals surface area contributed by atoms with Crippen LogP contribution in [-0.4, -0.2) is 28.7 Å². The van der Waals surface area contributed by atoms with Gasteiger partial charge in [-0.15, -0.1) is 11.3 Å². The molecule has 0 saturated heterocycles. The first-order valence-corrected chi connectivity index (χ1v) is 8.45. The molecule has 2 N–H and O–H groups in total. The molecule has 2 amide bonds. The molecule has 1 saturated carbocycles. The molecule has 0 aliphatic heterocycles. The van der Waals surface area contributed by atoms with Crippen molar-refractivity contribution in [2.45, 2.75) is 27.2 Å². The minimum absolute atomic E-state index is 0.0638. The van der Waals surface area contributed by atoms with Crippen LogP contribution in [0.4, 0.5) is 4.79 Å². The summed E-state index contributed by atoms with van der Waals surface area (Å²) in [5, 5.41) is 6.45. The second kappa shape index (κ2) is 6.60. The molecule has 0 spiro atoms. The third-order valence-corrected chi connectivity index (χ3v) is 4.71. The normalized spacial score (nSPS) is 19.0. The molecular formula is C15H18N4O4S. The smallest absolute Gasteiger partial charge is 0.426 e. The Morgan fingerprint density at radius 1 is 1.42 bits per heavy atom. The van der Waals surface area contributed by atoms with Crippen molar-refractivity contribution in [3.63, 3.8) is 0 Å². The number of thiazole rings is 1. The molecule has 0 radical (unpaired) electrons. The molecule has 24 heavy (non-hydrogen) atoms. The number of nitrogens with zero attached hydrogens (tertiary/aromatic N) is 2. The van der Waals surface area contributed by atoms with Crippen LogP contribution in [0.2, 0.25) is 0 Å². The second-order valence-electron chi connectivity index (χ2n) is 5.86. The number of amides is 2. The van der Waals surface area contributed by atoms with Gasteiger partial charge < -0.3 is 9.26 Å². The quantitative estimate of drug-likeness (QED) is 0.820. The van der Waals surface area contributed by atoms with E-state index in [1.807, 2.05) is 12.3 Å². The number of carbonyl (C=O) groups excluding carboxylic acids is 2. The molecule has 1 aliphatic rings. The summed E-state index contributed by atoms with van der Waals surface area (Å²) in [5.74, 6) is 0.902. The van der Waals surface area contributed by atoms with Gasteiger partial charge in [0.1, 0.15) is 5.76 Å². The zero-order valence-electron chi connectivity index (χ0n) is 13.6. The highest BCUT2D eigenvalue weighted by molar-refractivity contribution is 7.09. The highest BCUT2D eigenvalue weighted by atomic mass is 32.1. The maximum atomic E-state index is 12.2. The van der Waals surface area contributed by atoms with Crippen molar-refractivity contribution >= 4 is 23.3 Å². The molecule has 8 nitrogen and oxygen atoms in total. The van der Waals surface area contributed by atoms with Gasteiger partial charge in [-0.25, -0.2) is 15.2 Å². The van der Waals surface area contributed by atoms with E-state index in [9.17, 15) is 9.59 Å². The van der Waals surface area contributed by atoms with Crippen LogP contribution in [0.15, 0.2) is 9.90 Å². The maximum absolute atomic E-state index is 12.2. The first-order chi connectivity index (χ1) is 11.5. The number of hydrazine groups is 1. The Morgan fingerprint density at radius 2 is 2.17 bits per heavy atom. The number of hydrogen-bond acceptors (Lipinski definition) is 7. The summed E-state index contributed by atoms with van der Waals surface area (Å²) in [6.07, 6.45) is 0.364. The van der Waals surface area contributed by atoms with Crippen LogP contribution in [0, 0.1) is 25.7 Å². The number of ether oxygens (including phenoxy) is 1. The summed E-state index contributed by atoms with van der Waals surface area (Å²) in [6, 6.07) is 0. The predicted molar refractivity (Wildman–Crippen MR) is 86.3 cm³/mol. The summed E-state index contributed by atoms with van der Waals surface area (Å²) in [4.78, 5) is 28.2. The molecule has 2 atom stereocenters. The van der Waals surface area contributed by atoms with Crippen molar-refractivity contribution in [1.82, 2.24) is 21.0 Å². The van der Waals surface area contributed by atoms with E-state index < -0.39 is 12.0 Å². The number of aryl methyl sites for hydroxylation is 2. The highest BCUT2D eigenvalue weighted by Gasteiger charge is 2.33. The fourth-order valence-electron chi connectivity index (χ4n) is 2.32. The van der Waals surface area contributed by atoms with E-state index >= 15 is 0 Å². The Morgan fingerprint density at radius 3 is 2.79 bits per heavy atom. The lowest BCUT2D eigenvalue weighted by molar-refractivity contribution is 0.0897. The minimum Gasteiger partial charge on any atom is -0.448 e. The van der Waals surface area contributed by atoms with Crippen LogP contribution >= 0.6 is 11.3 Å². The number of rotatable bonds is 4. The molecule has 0 aromatic carbocycles. The summed E-state index contributed by atoms with van der Waals surface area (Å²) in [6.45, 7) is 6.03. The number of carbonyl (C=O) groups is 2. The molecule has 9 heteroatoms. The molecule has 2 aromatic heterocycles. The van der Waals surface area contributed by atoms with Crippen molar-refractivity contribution in [3.8, 4) is 11.3 Å². The Hall–Kier alpha value is -2.42. The Labute approximate surface area is 142 Å². The molecule has 3 rings (SSSR count). The first kappa shape index (κ1) is 16.4. The molecular weight excluding hydrogens is 332 g/mol.